The molecule has 0 unspecified atom stereocenters. The minimum absolute atomic E-state index is 0.188. The maximum absolute atomic E-state index is 11.7. The van der Waals surface area contributed by atoms with Gasteiger partial charge in [0.2, 0.25) is 0 Å². The van der Waals surface area contributed by atoms with Crippen molar-refractivity contribution in [3.63, 3.8) is 0 Å². The van der Waals surface area contributed by atoms with Crippen molar-refractivity contribution >= 4 is 17.6 Å². The molecule has 0 saturated carbocycles. The number of nitrogens with one attached hydrogen (secondary N) is 2. The number of H-pyrrole nitrogens is 1. The number of nitrogens with zero attached hydrogens (tertiary/aromatic N) is 4. The van der Waals surface area contributed by atoms with Crippen LogP contribution in [0.1, 0.15) is 24.7 Å². The van der Waals surface area contributed by atoms with Gasteiger partial charge >= 0.3 is 5.69 Å². The fraction of sp³-hybridized carbons (Fsp3) is 0.500. The summed E-state index contributed by atoms with van der Waals surface area (Å²) in [5, 5.41) is 11.0. The Bertz CT molecular complexity index is 662. The molecule has 0 aliphatic heterocycles. The summed E-state index contributed by atoms with van der Waals surface area (Å²) in [7, 11) is 1.82. The normalized spacial score (nSPS) is 10.8. The second kappa shape index (κ2) is 6.08. The molecule has 2 N–H and O–H groups in total. The predicted molar refractivity (Wildman–Crippen MR) is 78.3 cm³/mol. The molecule has 0 fully saturated rings. The average molecular weight is 294 g/mol. The van der Waals surface area contributed by atoms with Crippen LogP contribution in [0.4, 0.5) is 5.82 Å². The van der Waals surface area contributed by atoms with Crippen LogP contribution in [-0.4, -0.2) is 31.8 Å². The molecule has 8 heteroatoms. The molecule has 0 aliphatic rings. The highest BCUT2D eigenvalue weighted by molar-refractivity contribution is 7.99. The van der Waals surface area contributed by atoms with E-state index in [4.69, 9.17) is 0 Å². The summed E-state index contributed by atoms with van der Waals surface area (Å²) in [5.74, 6) is 1.47. The molecule has 0 bridgehead atoms. The van der Waals surface area contributed by atoms with Crippen LogP contribution in [0.3, 0.4) is 0 Å². The monoisotopic (exact) mass is 294 g/mol. The molecule has 0 radical (unpaired) electrons. The highest BCUT2D eigenvalue weighted by Crippen LogP contribution is 2.29. The van der Waals surface area contributed by atoms with Crippen molar-refractivity contribution in [1.29, 1.82) is 0 Å². The molecule has 0 atom stereocenters. The smallest absolute Gasteiger partial charge is 0.343 e. The zero-order valence-corrected chi connectivity index (χ0v) is 12.8. The second-order valence-electron chi connectivity index (χ2n) is 4.36. The van der Waals surface area contributed by atoms with Crippen molar-refractivity contribution in [2.45, 2.75) is 43.9 Å². The second-order valence-corrected chi connectivity index (χ2v) is 5.32. The fourth-order valence-electron chi connectivity index (χ4n) is 1.83. The Morgan fingerprint density at radius 3 is 2.75 bits per heavy atom. The number of aromatic amines is 1. The Hall–Kier alpha value is -1.83. The summed E-state index contributed by atoms with van der Waals surface area (Å²) in [4.78, 5) is 20.4. The van der Waals surface area contributed by atoms with Crippen molar-refractivity contribution in [1.82, 2.24) is 24.7 Å². The van der Waals surface area contributed by atoms with E-state index >= 15 is 0 Å². The van der Waals surface area contributed by atoms with Gasteiger partial charge in [0, 0.05) is 19.2 Å². The topological polar surface area (TPSA) is 88.5 Å². The Morgan fingerprint density at radius 1 is 1.35 bits per heavy atom. The van der Waals surface area contributed by atoms with Crippen molar-refractivity contribution in [2.75, 3.05) is 12.4 Å². The van der Waals surface area contributed by atoms with Gasteiger partial charge in [-0.2, -0.15) is 0 Å². The standard InChI is InChI=1S/C12H18N6OS/c1-5-6-18-11(19)16-17-12(18)20-10-7(2)9(13-4)14-8(3)15-10/h5-6H2,1-4H3,(H,16,19)(H,13,14,15). The van der Waals surface area contributed by atoms with E-state index in [1.807, 2.05) is 27.8 Å². The molecule has 108 valence electrons. The third-order valence-electron chi connectivity index (χ3n) is 2.81. The Morgan fingerprint density at radius 2 is 2.10 bits per heavy atom. The van der Waals surface area contributed by atoms with Gasteiger partial charge in [-0.3, -0.25) is 4.57 Å². The van der Waals surface area contributed by atoms with E-state index in [1.165, 1.54) is 11.8 Å². The summed E-state index contributed by atoms with van der Waals surface area (Å²) < 4.78 is 1.63. The minimum atomic E-state index is -0.188. The summed E-state index contributed by atoms with van der Waals surface area (Å²) in [5.41, 5.74) is 0.758. The molecule has 0 amide bonds. The van der Waals surface area contributed by atoms with E-state index in [0.29, 0.717) is 17.5 Å². The third kappa shape index (κ3) is 2.84. The molecule has 2 aromatic rings. The highest BCUT2D eigenvalue weighted by Gasteiger charge is 2.14. The van der Waals surface area contributed by atoms with Crippen LogP contribution in [0.2, 0.25) is 0 Å². The van der Waals surface area contributed by atoms with Gasteiger partial charge in [0.25, 0.3) is 0 Å². The minimum Gasteiger partial charge on any atom is -0.373 e. The Labute approximate surface area is 121 Å². The lowest BCUT2D eigenvalue weighted by Crippen LogP contribution is -2.17. The molecule has 2 rings (SSSR count). The van der Waals surface area contributed by atoms with Gasteiger partial charge in [-0.15, -0.1) is 5.10 Å². The maximum atomic E-state index is 11.7. The first-order valence-corrected chi connectivity index (χ1v) is 7.24. The number of hydrogen-bond donors (Lipinski definition) is 2. The van der Waals surface area contributed by atoms with Gasteiger partial charge in [-0.25, -0.2) is 19.9 Å². The average Bonchev–Trinajstić information content (AvgIpc) is 2.76. The van der Waals surface area contributed by atoms with Crippen LogP contribution in [0.15, 0.2) is 15.0 Å². The van der Waals surface area contributed by atoms with Crippen molar-refractivity contribution < 1.29 is 0 Å². The zero-order chi connectivity index (χ0) is 14.7. The largest absolute Gasteiger partial charge is 0.373 e. The number of hydrogen-bond acceptors (Lipinski definition) is 6. The maximum Gasteiger partial charge on any atom is 0.343 e. The van der Waals surface area contributed by atoms with Crippen LogP contribution in [0.25, 0.3) is 0 Å². The van der Waals surface area contributed by atoms with Gasteiger partial charge in [0.15, 0.2) is 5.16 Å². The molecule has 20 heavy (non-hydrogen) atoms. The first-order chi connectivity index (χ1) is 9.56. The quantitative estimate of drug-likeness (QED) is 0.814. The number of aryl methyl sites for hydroxylation is 1. The van der Waals surface area contributed by atoms with Crippen molar-refractivity contribution in [2.24, 2.45) is 0 Å². The van der Waals surface area contributed by atoms with Crippen molar-refractivity contribution in [3.8, 4) is 0 Å². The Balaban J connectivity index is 2.40. The zero-order valence-electron chi connectivity index (χ0n) is 12.0. The molecule has 0 aliphatic carbocycles. The van der Waals surface area contributed by atoms with E-state index in [-0.39, 0.29) is 5.69 Å². The van der Waals surface area contributed by atoms with E-state index < -0.39 is 0 Å². The molecule has 2 heterocycles. The number of aromatic nitrogens is 5. The van der Waals surface area contributed by atoms with Gasteiger partial charge < -0.3 is 5.32 Å². The van der Waals surface area contributed by atoms with Gasteiger partial charge in [0.1, 0.15) is 16.7 Å². The van der Waals surface area contributed by atoms with Gasteiger partial charge in [0.05, 0.1) is 0 Å². The van der Waals surface area contributed by atoms with E-state index in [1.54, 1.807) is 4.57 Å². The summed E-state index contributed by atoms with van der Waals surface area (Å²) in [6.07, 6.45) is 0.872. The molecular weight excluding hydrogens is 276 g/mol. The molecule has 2 aromatic heterocycles. The number of rotatable bonds is 5. The lowest BCUT2D eigenvalue weighted by molar-refractivity contribution is 0.603. The van der Waals surface area contributed by atoms with E-state index in [2.05, 4.69) is 25.5 Å². The molecule has 0 saturated heterocycles. The molecule has 0 aromatic carbocycles. The van der Waals surface area contributed by atoms with Crippen LogP contribution in [-0.2, 0) is 6.54 Å². The predicted octanol–water partition coefficient (Wildman–Crippen LogP) is 1.58. The number of anilines is 1. The lowest BCUT2D eigenvalue weighted by Gasteiger charge is -2.10. The molecule has 0 spiro atoms. The SMILES string of the molecule is CCCn1c(Sc2nc(C)nc(NC)c2C)n[nH]c1=O. The van der Waals surface area contributed by atoms with Crippen molar-refractivity contribution in [3.05, 3.63) is 21.9 Å². The summed E-state index contributed by atoms with van der Waals surface area (Å²) in [6, 6.07) is 0. The third-order valence-corrected chi connectivity index (χ3v) is 3.89. The van der Waals surface area contributed by atoms with Gasteiger partial charge in [-0.1, -0.05) is 6.92 Å². The summed E-state index contributed by atoms with van der Waals surface area (Å²) in [6.45, 7) is 6.45. The first-order valence-electron chi connectivity index (χ1n) is 6.42. The lowest BCUT2D eigenvalue weighted by atomic mass is 10.3. The van der Waals surface area contributed by atoms with Crippen LogP contribution >= 0.6 is 11.8 Å². The highest BCUT2D eigenvalue weighted by atomic mass is 32.2. The molecule has 7 nitrogen and oxygen atoms in total. The van der Waals surface area contributed by atoms with E-state index in [9.17, 15) is 4.79 Å². The molecular formula is C12H18N6OS. The fourth-order valence-corrected chi connectivity index (χ4v) is 2.81. The Kier molecular flexibility index (Phi) is 4.43. The van der Waals surface area contributed by atoms with Crippen LogP contribution in [0, 0.1) is 13.8 Å². The van der Waals surface area contributed by atoms with Crippen LogP contribution in [0.5, 0.6) is 0 Å². The van der Waals surface area contributed by atoms with Gasteiger partial charge in [-0.05, 0) is 32.0 Å². The first kappa shape index (κ1) is 14.6. The summed E-state index contributed by atoms with van der Waals surface area (Å²) >= 11 is 1.37. The van der Waals surface area contributed by atoms with E-state index in [0.717, 1.165) is 22.8 Å². The van der Waals surface area contributed by atoms with Crippen LogP contribution < -0.4 is 11.0 Å².